The number of carbonyl (C=O) groups is 1. The first-order chi connectivity index (χ1) is 14.5. The van der Waals surface area contributed by atoms with Gasteiger partial charge >= 0.3 is 5.97 Å². The van der Waals surface area contributed by atoms with Crippen molar-refractivity contribution in [3.8, 4) is 16.9 Å². The Kier molecular flexibility index (Phi) is 5.14. The summed E-state index contributed by atoms with van der Waals surface area (Å²) in [7, 11) is 1.52. The lowest BCUT2D eigenvalue weighted by atomic mass is 9.94. The highest BCUT2D eigenvalue weighted by Crippen LogP contribution is 2.34. The van der Waals surface area contributed by atoms with Crippen molar-refractivity contribution in [2.45, 2.75) is 13.0 Å². The Bertz CT molecular complexity index is 1140. The minimum absolute atomic E-state index is 0.0716. The van der Waals surface area contributed by atoms with Gasteiger partial charge in [0.15, 0.2) is 0 Å². The number of fused-ring (bicyclic) bond motifs is 1. The van der Waals surface area contributed by atoms with E-state index in [1.165, 1.54) is 12.7 Å². The lowest BCUT2D eigenvalue weighted by molar-refractivity contribution is 0.0697. The van der Waals surface area contributed by atoms with E-state index in [9.17, 15) is 9.90 Å². The van der Waals surface area contributed by atoms with Crippen molar-refractivity contribution >= 4 is 17.5 Å². The number of nitrogens with two attached hydrogens (primary N) is 1. The molecule has 3 aromatic carbocycles. The predicted octanol–water partition coefficient (Wildman–Crippen LogP) is 3.91. The number of benzene rings is 3. The van der Waals surface area contributed by atoms with Crippen molar-refractivity contribution < 1.29 is 14.6 Å². The average molecular weight is 401 g/mol. The SMILES string of the molecule is COc1ccc(-c2ccccc2CN2CCc3cc(C(=N)N)ccc32)c(C(=O)O)c1. The number of nitrogens with one attached hydrogen (secondary N) is 1. The zero-order valence-corrected chi connectivity index (χ0v) is 16.7. The van der Waals surface area contributed by atoms with E-state index in [0.717, 1.165) is 35.3 Å². The lowest BCUT2D eigenvalue weighted by Crippen LogP contribution is -2.20. The van der Waals surface area contributed by atoms with Crippen LogP contribution in [-0.4, -0.2) is 30.6 Å². The van der Waals surface area contributed by atoms with Gasteiger partial charge in [-0.2, -0.15) is 0 Å². The Balaban J connectivity index is 1.70. The molecule has 0 saturated heterocycles. The molecule has 3 aromatic rings. The minimum Gasteiger partial charge on any atom is -0.497 e. The number of hydrogen-bond acceptors (Lipinski definition) is 4. The third kappa shape index (κ3) is 3.59. The highest BCUT2D eigenvalue weighted by Gasteiger charge is 2.22. The summed E-state index contributed by atoms with van der Waals surface area (Å²) >= 11 is 0. The first kappa shape index (κ1) is 19.5. The van der Waals surface area contributed by atoms with Crippen LogP contribution < -0.4 is 15.4 Å². The van der Waals surface area contributed by atoms with E-state index >= 15 is 0 Å². The quantitative estimate of drug-likeness (QED) is 0.430. The fraction of sp³-hybridized carbons (Fsp3) is 0.167. The molecule has 30 heavy (non-hydrogen) atoms. The second kappa shape index (κ2) is 7.91. The van der Waals surface area contributed by atoms with Crippen LogP contribution in [0.15, 0.2) is 60.7 Å². The topological polar surface area (TPSA) is 99.6 Å². The number of hydrogen-bond donors (Lipinski definition) is 3. The first-order valence-electron chi connectivity index (χ1n) is 9.70. The molecule has 4 rings (SSSR count). The normalized spacial score (nSPS) is 12.5. The molecule has 0 aromatic heterocycles. The van der Waals surface area contributed by atoms with E-state index in [1.54, 1.807) is 18.2 Å². The van der Waals surface area contributed by atoms with Gasteiger partial charge in [0.2, 0.25) is 0 Å². The van der Waals surface area contributed by atoms with Crippen molar-refractivity contribution in [3.05, 3.63) is 82.9 Å². The van der Waals surface area contributed by atoms with Crippen molar-refractivity contribution in [2.24, 2.45) is 5.73 Å². The summed E-state index contributed by atoms with van der Waals surface area (Å²) in [6, 6.07) is 18.9. The minimum atomic E-state index is -0.984. The molecule has 0 saturated carbocycles. The average Bonchev–Trinajstić information content (AvgIpc) is 3.15. The summed E-state index contributed by atoms with van der Waals surface area (Å²) in [6.07, 6.45) is 0.890. The van der Waals surface area contributed by atoms with Crippen LogP contribution in [0.3, 0.4) is 0 Å². The molecule has 1 heterocycles. The molecule has 1 aliphatic heterocycles. The second-order valence-electron chi connectivity index (χ2n) is 7.30. The van der Waals surface area contributed by atoms with E-state index in [0.29, 0.717) is 17.9 Å². The third-order valence-corrected chi connectivity index (χ3v) is 5.51. The van der Waals surface area contributed by atoms with Crippen LogP contribution in [0, 0.1) is 5.41 Å². The van der Waals surface area contributed by atoms with Gasteiger partial charge in [0.05, 0.1) is 12.7 Å². The van der Waals surface area contributed by atoms with E-state index in [4.69, 9.17) is 15.9 Å². The number of aromatic carboxylic acids is 1. The molecule has 0 fully saturated rings. The molecule has 6 heteroatoms. The van der Waals surface area contributed by atoms with Gasteiger partial charge < -0.3 is 20.5 Å². The standard InChI is InChI=1S/C24H23N3O3/c1-30-18-7-8-20(21(13-18)24(28)29)19-5-3-2-4-17(19)14-27-11-10-15-12-16(23(25)26)6-9-22(15)27/h2-9,12-13H,10-11,14H2,1H3,(H3,25,26)(H,28,29). The highest BCUT2D eigenvalue weighted by molar-refractivity contribution is 5.97. The highest BCUT2D eigenvalue weighted by atomic mass is 16.5. The Morgan fingerprint density at radius 2 is 1.93 bits per heavy atom. The first-order valence-corrected chi connectivity index (χ1v) is 9.70. The zero-order chi connectivity index (χ0) is 21.3. The maximum Gasteiger partial charge on any atom is 0.336 e. The fourth-order valence-corrected chi connectivity index (χ4v) is 3.99. The predicted molar refractivity (Wildman–Crippen MR) is 118 cm³/mol. The summed E-state index contributed by atoms with van der Waals surface area (Å²) in [5.41, 5.74) is 11.5. The van der Waals surface area contributed by atoms with Crippen molar-refractivity contribution in [1.29, 1.82) is 5.41 Å². The molecule has 4 N–H and O–H groups in total. The Morgan fingerprint density at radius 1 is 1.13 bits per heavy atom. The van der Waals surface area contributed by atoms with Gasteiger partial charge in [-0.05, 0) is 65.1 Å². The number of nitrogens with zero attached hydrogens (tertiary/aromatic N) is 1. The molecule has 6 nitrogen and oxygen atoms in total. The summed E-state index contributed by atoms with van der Waals surface area (Å²) in [6.45, 7) is 1.52. The summed E-state index contributed by atoms with van der Waals surface area (Å²) in [4.78, 5) is 14.2. The monoisotopic (exact) mass is 401 g/mol. The number of carboxylic acid groups (broad SMARTS) is 1. The van der Waals surface area contributed by atoms with E-state index in [-0.39, 0.29) is 11.4 Å². The number of nitrogen functional groups attached to an aromatic ring is 1. The van der Waals surface area contributed by atoms with Gasteiger partial charge in [-0.25, -0.2) is 4.79 Å². The molecule has 0 atom stereocenters. The van der Waals surface area contributed by atoms with Gasteiger partial charge in [-0.3, -0.25) is 5.41 Å². The van der Waals surface area contributed by atoms with Gasteiger partial charge in [-0.15, -0.1) is 0 Å². The number of carboxylic acids is 1. The van der Waals surface area contributed by atoms with Gasteiger partial charge in [0, 0.05) is 24.3 Å². The van der Waals surface area contributed by atoms with Crippen LogP contribution in [-0.2, 0) is 13.0 Å². The second-order valence-corrected chi connectivity index (χ2v) is 7.30. The molecule has 0 radical (unpaired) electrons. The largest absolute Gasteiger partial charge is 0.497 e. The maximum absolute atomic E-state index is 11.9. The van der Waals surface area contributed by atoms with E-state index in [1.807, 2.05) is 42.5 Å². The van der Waals surface area contributed by atoms with Crippen LogP contribution in [0.25, 0.3) is 11.1 Å². The summed E-state index contributed by atoms with van der Waals surface area (Å²) in [5.74, 6) is -0.396. The fourth-order valence-electron chi connectivity index (χ4n) is 3.99. The molecule has 0 aliphatic carbocycles. The molecule has 152 valence electrons. The number of amidine groups is 1. The van der Waals surface area contributed by atoms with E-state index < -0.39 is 5.97 Å². The Hall–Kier alpha value is -3.80. The van der Waals surface area contributed by atoms with Crippen molar-refractivity contribution in [1.82, 2.24) is 0 Å². The van der Waals surface area contributed by atoms with Gasteiger partial charge in [-0.1, -0.05) is 24.3 Å². The van der Waals surface area contributed by atoms with Crippen molar-refractivity contribution in [3.63, 3.8) is 0 Å². The molecule has 1 aliphatic rings. The molecule has 0 amide bonds. The number of anilines is 1. The Morgan fingerprint density at radius 3 is 2.67 bits per heavy atom. The molecule has 0 bridgehead atoms. The number of ether oxygens (including phenoxy) is 1. The number of methoxy groups -OCH3 is 1. The van der Waals surface area contributed by atoms with E-state index in [2.05, 4.69) is 4.90 Å². The van der Waals surface area contributed by atoms with Crippen LogP contribution in [0.1, 0.15) is 27.0 Å². The van der Waals surface area contributed by atoms with Crippen LogP contribution >= 0.6 is 0 Å². The third-order valence-electron chi connectivity index (χ3n) is 5.51. The summed E-state index contributed by atoms with van der Waals surface area (Å²) < 4.78 is 5.20. The summed E-state index contributed by atoms with van der Waals surface area (Å²) in [5, 5.41) is 17.4. The maximum atomic E-state index is 11.9. The smallest absolute Gasteiger partial charge is 0.336 e. The Labute approximate surface area is 175 Å². The molecule has 0 unspecified atom stereocenters. The van der Waals surface area contributed by atoms with Gasteiger partial charge in [0.1, 0.15) is 11.6 Å². The molecular weight excluding hydrogens is 378 g/mol. The van der Waals surface area contributed by atoms with Gasteiger partial charge in [0.25, 0.3) is 0 Å². The van der Waals surface area contributed by atoms with Crippen LogP contribution in [0.2, 0.25) is 0 Å². The zero-order valence-electron chi connectivity index (χ0n) is 16.7. The molecular formula is C24H23N3O3. The van der Waals surface area contributed by atoms with Crippen LogP contribution in [0.5, 0.6) is 5.75 Å². The number of rotatable bonds is 6. The van der Waals surface area contributed by atoms with Crippen LogP contribution in [0.4, 0.5) is 5.69 Å². The molecule has 0 spiro atoms. The lowest BCUT2D eigenvalue weighted by Gasteiger charge is -2.22. The van der Waals surface area contributed by atoms with Crippen molar-refractivity contribution in [2.75, 3.05) is 18.6 Å².